The summed E-state index contributed by atoms with van der Waals surface area (Å²) in [6.45, 7) is 0.494. The van der Waals surface area contributed by atoms with Crippen LogP contribution in [0, 0.1) is 0 Å². The third-order valence-electron chi connectivity index (χ3n) is 4.36. The van der Waals surface area contributed by atoms with Crippen molar-refractivity contribution < 1.29 is 4.84 Å². The molecule has 2 N–H and O–H groups in total. The van der Waals surface area contributed by atoms with Crippen LogP contribution in [0.1, 0.15) is 24.0 Å². The van der Waals surface area contributed by atoms with Crippen molar-refractivity contribution >= 4 is 17.2 Å². The molecule has 0 bridgehead atoms. The van der Waals surface area contributed by atoms with E-state index in [9.17, 15) is 0 Å². The minimum atomic E-state index is -0.408. The molecule has 4 nitrogen and oxygen atoms in total. The predicted molar refractivity (Wildman–Crippen MR) is 99.3 cm³/mol. The number of nitrogens with one attached hydrogen (secondary N) is 2. The zero-order valence-corrected chi connectivity index (χ0v) is 14.5. The second-order valence-electron chi connectivity index (χ2n) is 5.76. The van der Waals surface area contributed by atoms with Crippen molar-refractivity contribution in [1.29, 1.82) is 0 Å². The van der Waals surface area contributed by atoms with E-state index in [2.05, 4.69) is 27.9 Å². The Balaban J connectivity index is 1.79. The first-order valence-electron chi connectivity index (χ1n) is 8.02. The van der Waals surface area contributed by atoms with E-state index in [0.29, 0.717) is 6.61 Å². The highest BCUT2D eigenvalue weighted by Crippen LogP contribution is 2.41. The molecule has 0 fully saturated rings. The zero-order chi connectivity index (χ0) is 16.8. The molecule has 5 heteroatoms. The average Bonchev–Trinajstić information content (AvgIpc) is 3.07. The van der Waals surface area contributed by atoms with Crippen LogP contribution in [-0.2, 0) is 16.9 Å². The third-order valence-corrected chi connectivity index (χ3v) is 4.91. The van der Waals surface area contributed by atoms with Crippen LogP contribution in [0.5, 0.6) is 0 Å². The number of hydroxylamine groups is 1. The minimum Gasteiger partial charge on any atom is -0.382 e. The van der Waals surface area contributed by atoms with Gasteiger partial charge < -0.3 is 5.32 Å². The fourth-order valence-electron chi connectivity index (χ4n) is 3.14. The molecule has 1 heterocycles. The lowest BCUT2D eigenvalue weighted by Gasteiger charge is -2.33. The molecule has 3 rings (SSSR count). The first kappa shape index (κ1) is 16.6. The lowest BCUT2D eigenvalue weighted by molar-refractivity contribution is 0.0438. The van der Waals surface area contributed by atoms with Gasteiger partial charge in [0, 0.05) is 19.4 Å². The molecule has 1 unspecified atom stereocenters. The van der Waals surface area contributed by atoms with Gasteiger partial charge in [-0.25, -0.2) is 0 Å². The molecule has 1 aliphatic rings. The molecule has 0 spiro atoms. The van der Waals surface area contributed by atoms with Gasteiger partial charge in [0.25, 0.3) is 0 Å². The first-order chi connectivity index (χ1) is 11.8. The Kier molecular flexibility index (Phi) is 5.23. The number of nitrogens with zero attached hydrogens (tertiary/aromatic N) is 1. The van der Waals surface area contributed by atoms with Gasteiger partial charge in [-0.3, -0.25) is 15.3 Å². The second-order valence-corrected chi connectivity index (χ2v) is 6.17. The van der Waals surface area contributed by atoms with E-state index in [4.69, 9.17) is 17.1 Å². The smallest absolute Gasteiger partial charge is 0.0996 e. The van der Waals surface area contributed by atoms with Crippen LogP contribution < -0.4 is 10.8 Å². The van der Waals surface area contributed by atoms with Crippen molar-refractivity contribution in [1.82, 2.24) is 15.8 Å². The molecule has 1 atom stereocenters. The number of thiocarbonyl (C=S) groups is 1. The van der Waals surface area contributed by atoms with Crippen LogP contribution in [0.2, 0.25) is 0 Å². The van der Waals surface area contributed by atoms with Crippen LogP contribution in [0.25, 0.3) is 0 Å². The highest BCUT2D eigenvalue weighted by Gasteiger charge is 2.43. The molecule has 1 aliphatic carbocycles. The van der Waals surface area contributed by atoms with Crippen molar-refractivity contribution in [2.24, 2.45) is 0 Å². The Hall–Kier alpha value is -2.24. The van der Waals surface area contributed by atoms with Crippen molar-refractivity contribution in [2.45, 2.75) is 24.9 Å². The highest BCUT2D eigenvalue weighted by molar-refractivity contribution is 7.80. The lowest BCUT2D eigenvalue weighted by atomic mass is 9.78. The maximum Gasteiger partial charge on any atom is 0.0996 e. The standard InChI is InChI=1S/C19H21N3OS/c1-20-18(24)19(16-9-6-12-21-13-16)11-5-10-17(19)22-23-14-15-7-3-2-4-8-15/h2-4,6-10,12-13,22H,5,11,14H2,1H3,(H,20,24). The first-order valence-corrected chi connectivity index (χ1v) is 8.43. The summed E-state index contributed by atoms with van der Waals surface area (Å²) in [5.41, 5.74) is 5.90. The van der Waals surface area contributed by atoms with Crippen LogP contribution >= 0.6 is 12.2 Å². The highest BCUT2D eigenvalue weighted by atomic mass is 32.1. The van der Waals surface area contributed by atoms with Gasteiger partial charge in [0.1, 0.15) is 0 Å². The maximum absolute atomic E-state index is 5.75. The van der Waals surface area contributed by atoms with E-state index >= 15 is 0 Å². The second kappa shape index (κ2) is 7.55. The van der Waals surface area contributed by atoms with Gasteiger partial charge in [-0.15, -0.1) is 0 Å². The summed E-state index contributed by atoms with van der Waals surface area (Å²) in [4.78, 5) is 10.8. The van der Waals surface area contributed by atoms with Gasteiger partial charge in [0.2, 0.25) is 0 Å². The van der Waals surface area contributed by atoms with Gasteiger partial charge in [-0.05, 0) is 30.0 Å². The molecule has 0 aliphatic heterocycles. The van der Waals surface area contributed by atoms with Crippen molar-refractivity contribution in [2.75, 3.05) is 7.05 Å². The molecule has 0 saturated heterocycles. The lowest BCUT2D eigenvalue weighted by Crippen LogP contribution is -2.45. The molecule has 24 heavy (non-hydrogen) atoms. The van der Waals surface area contributed by atoms with Gasteiger partial charge in [-0.1, -0.05) is 54.7 Å². The number of hydrogen-bond donors (Lipinski definition) is 2. The fraction of sp³-hybridized carbons (Fsp3) is 0.263. The van der Waals surface area contributed by atoms with Gasteiger partial charge in [0.05, 0.1) is 22.7 Å². The monoisotopic (exact) mass is 339 g/mol. The Morgan fingerprint density at radius 3 is 2.79 bits per heavy atom. The Morgan fingerprint density at radius 1 is 1.25 bits per heavy atom. The molecule has 1 aromatic carbocycles. The molecule has 1 aromatic heterocycles. The molecular formula is C19H21N3OS. The summed E-state index contributed by atoms with van der Waals surface area (Å²) in [5.74, 6) is 0. The van der Waals surface area contributed by atoms with E-state index in [0.717, 1.165) is 34.7 Å². The summed E-state index contributed by atoms with van der Waals surface area (Å²) in [5, 5.41) is 3.15. The number of aromatic nitrogens is 1. The average molecular weight is 339 g/mol. The third kappa shape index (κ3) is 3.18. The zero-order valence-electron chi connectivity index (χ0n) is 13.7. The summed E-state index contributed by atoms with van der Waals surface area (Å²) < 4.78 is 0. The van der Waals surface area contributed by atoms with Crippen LogP contribution in [0.15, 0.2) is 66.6 Å². The van der Waals surface area contributed by atoms with Crippen LogP contribution in [0.4, 0.5) is 0 Å². The quantitative estimate of drug-likeness (QED) is 0.625. The number of pyridine rings is 1. The Bertz CT molecular complexity index is 718. The van der Waals surface area contributed by atoms with E-state index in [-0.39, 0.29) is 0 Å². The normalized spacial score (nSPS) is 19.6. The summed E-state index contributed by atoms with van der Waals surface area (Å²) in [6.07, 6.45) is 7.64. The molecule has 2 aromatic rings. The Morgan fingerprint density at radius 2 is 2.08 bits per heavy atom. The van der Waals surface area contributed by atoms with Crippen molar-refractivity contribution in [3.8, 4) is 0 Å². The molecule has 0 saturated carbocycles. The number of rotatable bonds is 6. The predicted octanol–water partition coefficient (Wildman–Crippen LogP) is 3.27. The topological polar surface area (TPSA) is 46.2 Å². The van der Waals surface area contributed by atoms with Crippen molar-refractivity contribution in [3.63, 3.8) is 0 Å². The van der Waals surface area contributed by atoms with Crippen LogP contribution in [-0.4, -0.2) is 17.0 Å². The van der Waals surface area contributed by atoms with E-state index < -0.39 is 5.41 Å². The molecule has 0 amide bonds. The summed E-state index contributed by atoms with van der Waals surface area (Å²) in [6, 6.07) is 14.1. The number of hydrogen-bond acceptors (Lipinski definition) is 4. The van der Waals surface area contributed by atoms with Gasteiger partial charge >= 0.3 is 0 Å². The number of benzene rings is 1. The van der Waals surface area contributed by atoms with E-state index in [1.54, 1.807) is 6.20 Å². The van der Waals surface area contributed by atoms with Crippen LogP contribution in [0.3, 0.4) is 0 Å². The SMILES string of the molecule is CNC(=S)C1(c2cccnc2)CCC=C1NOCc1ccccc1. The van der Waals surface area contributed by atoms with Gasteiger partial charge in [-0.2, -0.15) is 0 Å². The van der Waals surface area contributed by atoms with E-state index in [1.807, 2.05) is 49.6 Å². The Labute approximate surface area is 147 Å². The number of allylic oxidation sites excluding steroid dienone is 1. The molecule has 0 radical (unpaired) electrons. The minimum absolute atomic E-state index is 0.408. The fourth-order valence-corrected chi connectivity index (χ4v) is 3.47. The largest absolute Gasteiger partial charge is 0.382 e. The van der Waals surface area contributed by atoms with Crippen molar-refractivity contribution in [3.05, 3.63) is 77.8 Å². The maximum atomic E-state index is 5.75. The summed E-state index contributed by atoms with van der Waals surface area (Å²) >= 11 is 5.65. The van der Waals surface area contributed by atoms with Gasteiger partial charge in [0.15, 0.2) is 0 Å². The summed E-state index contributed by atoms with van der Waals surface area (Å²) in [7, 11) is 1.86. The number of likely N-dealkylation sites (N-methyl/N-ethyl adjacent to an activating group) is 1. The molecular weight excluding hydrogens is 318 g/mol. The van der Waals surface area contributed by atoms with E-state index in [1.165, 1.54) is 0 Å². The molecule has 124 valence electrons.